The number of benzene rings is 2. The fourth-order valence-corrected chi connectivity index (χ4v) is 5.33. The molecule has 0 unspecified atom stereocenters. The lowest BCUT2D eigenvalue weighted by Gasteiger charge is -2.37. The Bertz CT molecular complexity index is 1290. The van der Waals surface area contributed by atoms with E-state index in [1.54, 1.807) is 29.2 Å². The number of nitrogens with zero attached hydrogens (tertiary/aromatic N) is 1. The molecule has 4 amide bonds. The Balaban J connectivity index is 1.25. The number of fused-ring (bicyclic) bond motifs is 1. The zero-order valence-corrected chi connectivity index (χ0v) is 18.8. The van der Waals surface area contributed by atoms with E-state index in [0.29, 0.717) is 17.1 Å². The third-order valence-corrected chi connectivity index (χ3v) is 7.61. The van der Waals surface area contributed by atoms with Crippen molar-refractivity contribution in [2.75, 3.05) is 19.9 Å². The number of piperidine rings is 1. The number of rotatable bonds is 5. The lowest BCUT2D eigenvalue weighted by molar-refractivity contribution is -0.125. The van der Waals surface area contributed by atoms with Crippen molar-refractivity contribution in [3.8, 4) is 11.5 Å². The number of nitrogens with one attached hydrogen (secondary N) is 3. The summed E-state index contributed by atoms with van der Waals surface area (Å²) in [7, 11) is -3.88. The minimum absolute atomic E-state index is 0.0324. The fourth-order valence-electron chi connectivity index (χ4n) is 4.26. The first-order valence-corrected chi connectivity index (χ1v) is 12.2. The van der Waals surface area contributed by atoms with E-state index in [9.17, 15) is 22.8 Å². The van der Waals surface area contributed by atoms with Crippen molar-refractivity contribution in [1.82, 2.24) is 20.3 Å². The fraction of sp³-hybridized carbons (Fsp3) is 0.318. The summed E-state index contributed by atoms with van der Waals surface area (Å²) >= 11 is 0. The maximum atomic E-state index is 13.0. The van der Waals surface area contributed by atoms with Crippen LogP contribution >= 0.6 is 0 Å². The van der Waals surface area contributed by atoms with Crippen LogP contribution < -0.4 is 24.8 Å². The predicted molar refractivity (Wildman–Crippen MR) is 118 cm³/mol. The van der Waals surface area contributed by atoms with Crippen LogP contribution in [0, 0.1) is 0 Å². The van der Waals surface area contributed by atoms with Gasteiger partial charge >= 0.3 is 6.03 Å². The molecule has 34 heavy (non-hydrogen) atoms. The van der Waals surface area contributed by atoms with Crippen molar-refractivity contribution in [1.29, 1.82) is 0 Å². The van der Waals surface area contributed by atoms with Gasteiger partial charge in [-0.15, -0.1) is 0 Å². The highest BCUT2D eigenvalue weighted by atomic mass is 32.2. The maximum absolute atomic E-state index is 13.0. The Morgan fingerprint density at radius 3 is 2.56 bits per heavy atom. The highest BCUT2D eigenvalue weighted by Gasteiger charge is 2.48. The molecule has 0 atom stereocenters. The Kier molecular flexibility index (Phi) is 5.41. The first-order chi connectivity index (χ1) is 16.3. The van der Waals surface area contributed by atoms with E-state index in [2.05, 4.69) is 15.4 Å². The van der Waals surface area contributed by atoms with Gasteiger partial charge in [0.25, 0.3) is 11.8 Å². The third-order valence-electron chi connectivity index (χ3n) is 6.21. The summed E-state index contributed by atoms with van der Waals surface area (Å²) in [6.45, 7) is 0.683. The number of amides is 4. The van der Waals surface area contributed by atoms with Crippen LogP contribution in [-0.4, -0.2) is 56.6 Å². The second kappa shape index (κ2) is 8.29. The van der Waals surface area contributed by atoms with Crippen LogP contribution in [0.2, 0.25) is 0 Å². The smallest absolute Gasteiger partial charge is 0.322 e. The molecule has 2 saturated heterocycles. The zero-order chi connectivity index (χ0) is 23.9. The van der Waals surface area contributed by atoms with Gasteiger partial charge in [0.1, 0.15) is 5.54 Å². The molecule has 178 valence electrons. The lowest BCUT2D eigenvalue weighted by atomic mass is 9.87. The van der Waals surface area contributed by atoms with Gasteiger partial charge in [0.15, 0.2) is 11.5 Å². The molecule has 0 aromatic heterocycles. The lowest BCUT2D eigenvalue weighted by Crippen LogP contribution is -2.55. The second-order valence-electron chi connectivity index (χ2n) is 8.32. The van der Waals surface area contributed by atoms with Gasteiger partial charge in [0, 0.05) is 25.2 Å². The third kappa shape index (κ3) is 4.05. The average Bonchev–Trinajstić information content (AvgIpc) is 3.41. The molecular formula is C22H22N4O7S. The second-order valence-corrected chi connectivity index (χ2v) is 10.1. The van der Waals surface area contributed by atoms with Gasteiger partial charge in [-0.1, -0.05) is 12.1 Å². The van der Waals surface area contributed by atoms with Crippen LogP contribution in [0.4, 0.5) is 4.79 Å². The minimum atomic E-state index is -3.88. The van der Waals surface area contributed by atoms with E-state index >= 15 is 0 Å². The predicted octanol–water partition coefficient (Wildman–Crippen LogP) is 0.708. The average molecular weight is 487 g/mol. The SMILES string of the molecule is O=C1NC(=O)C2(CCN(C(=O)c3cccc(S(=O)(=O)NCc4ccc5c(c4)OCO5)c3)CC2)N1. The molecule has 3 N–H and O–H groups in total. The summed E-state index contributed by atoms with van der Waals surface area (Å²) in [5.41, 5.74) is -0.0651. The Hall–Kier alpha value is -3.64. The topological polar surface area (TPSA) is 143 Å². The van der Waals surface area contributed by atoms with Crippen LogP contribution in [0.3, 0.4) is 0 Å². The number of hydrogen-bond acceptors (Lipinski definition) is 7. The molecule has 3 aliphatic rings. The van der Waals surface area contributed by atoms with Crippen molar-refractivity contribution in [2.24, 2.45) is 0 Å². The van der Waals surface area contributed by atoms with Crippen molar-refractivity contribution in [3.05, 3.63) is 53.6 Å². The van der Waals surface area contributed by atoms with Crippen LogP contribution in [0.5, 0.6) is 11.5 Å². The van der Waals surface area contributed by atoms with Crippen LogP contribution in [0.25, 0.3) is 0 Å². The van der Waals surface area contributed by atoms with E-state index in [-0.39, 0.29) is 61.5 Å². The molecule has 11 nitrogen and oxygen atoms in total. The largest absolute Gasteiger partial charge is 0.454 e. The van der Waals surface area contributed by atoms with Crippen LogP contribution in [0.15, 0.2) is 47.4 Å². The molecule has 2 aromatic carbocycles. The summed E-state index contributed by atoms with van der Waals surface area (Å²) in [6, 6.07) is 10.4. The number of likely N-dealkylation sites (tertiary alicyclic amines) is 1. The molecular weight excluding hydrogens is 464 g/mol. The molecule has 0 aliphatic carbocycles. The van der Waals surface area contributed by atoms with Gasteiger partial charge in [0.2, 0.25) is 16.8 Å². The van der Waals surface area contributed by atoms with Crippen molar-refractivity contribution < 1.29 is 32.3 Å². The summed E-state index contributed by atoms with van der Waals surface area (Å²) < 4.78 is 38.8. The summed E-state index contributed by atoms with van der Waals surface area (Å²) in [5.74, 6) is 0.443. The van der Waals surface area contributed by atoms with Gasteiger partial charge in [-0.25, -0.2) is 17.9 Å². The van der Waals surface area contributed by atoms with Gasteiger partial charge in [-0.2, -0.15) is 0 Å². The van der Waals surface area contributed by atoms with Gasteiger partial charge in [0.05, 0.1) is 4.90 Å². The number of carbonyl (C=O) groups is 3. The molecule has 0 bridgehead atoms. The van der Waals surface area contributed by atoms with E-state index in [1.807, 2.05) is 0 Å². The monoisotopic (exact) mass is 486 g/mol. The molecule has 1 spiro atoms. The number of imide groups is 1. The van der Waals surface area contributed by atoms with E-state index < -0.39 is 21.6 Å². The van der Waals surface area contributed by atoms with Crippen LogP contribution in [0.1, 0.15) is 28.8 Å². The van der Waals surface area contributed by atoms with Gasteiger partial charge in [-0.3, -0.25) is 14.9 Å². The summed E-state index contributed by atoms with van der Waals surface area (Å²) in [6.07, 6.45) is 0.566. The minimum Gasteiger partial charge on any atom is -0.454 e. The van der Waals surface area contributed by atoms with Crippen molar-refractivity contribution >= 4 is 27.9 Å². The van der Waals surface area contributed by atoms with Crippen molar-refractivity contribution in [3.63, 3.8) is 0 Å². The number of carbonyl (C=O) groups excluding carboxylic acids is 3. The molecule has 3 heterocycles. The van der Waals surface area contributed by atoms with E-state index in [4.69, 9.17) is 9.47 Å². The molecule has 5 rings (SSSR count). The van der Waals surface area contributed by atoms with Gasteiger partial charge < -0.3 is 19.7 Å². The number of ether oxygens (including phenoxy) is 2. The van der Waals surface area contributed by atoms with E-state index in [1.165, 1.54) is 18.2 Å². The molecule has 3 aliphatic heterocycles. The summed E-state index contributed by atoms with van der Waals surface area (Å²) in [4.78, 5) is 38.1. The normalized spacial score (nSPS) is 18.6. The summed E-state index contributed by atoms with van der Waals surface area (Å²) in [5, 5.41) is 4.88. The molecule has 0 radical (unpaired) electrons. The number of hydrogen-bond donors (Lipinski definition) is 3. The molecule has 12 heteroatoms. The molecule has 2 fully saturated rings. The Morgan fingerprint density at radius 1 is 1.06 bits per heavy atom. The first kappa shape index (κ1) is 22.2. The number of sulfonamides is 1. The standard InChI is InChI=1S/C22H22N4O7S/c27-19(26-8-6-22(7-9-26)20(28)24-21(29)25-22)15-2-1-3-16(11-15)34(30,31)23-12-14-4-5-17-18(10-14)33-13-32-17/h1-5,10-11,23H,6-9,12-13H2,(H2,24,25,28,29). The van der Waals surface area contributed by atoms with E-state index in [0.717, 1.165) is 0 Å². The first-order valence-electron chi connectivity index (χ1n) is 10.7. The quantitative estimate of drug-likeness (QED) is 0.528. The molecule has 0 saturated carbocycles. The zero-order valence-electron chi connectivity index (χ0n) is 18.0. The number of urea groups is 1. The maximum Gasteiger partial charge on any atom is 0.322 e. The van der Waals surface area contributed by atoms with Crippen LogP contribution in [-0.2, 0) is 21.4 Å². The molecule has 2 aromatic rings. The Labute approximate surface area is 195 Å². The Morgan fingerprint density at radius 2 is 1.82 bits per heavy atom. The highest BCUT2D eigenvalue weighted by Crippen LogP contribution is 2.32. The van der Waals surface area contributed by atoms with Crippen molar-refractivity contribution in [2.45, 2.75) is 29.8 Å². The van der Waals surface area contributed by atoms with Gasteiger partial charge in [-0.05, 0) is 48.7 Å². The highest BCUT2D eigenvalue weighted by molar-refractivity contribution is 7.89.